The number of methoxy groups -OCH3 is 1. The lowest BCUT2D eigenvalue weighted by Crippen LogP contribution is -2.02. The van der Waals surface area contributed by atoms with Gasteiger partial charge in [0.15, 0.2) is 17.3 Å². The molecule has 140 valence electrons. The molecule has 3 nitrogen and oxygen atoms in total. The molecule has 1 aromatic carbocycles. The number of allylic oxidation sites excluding steroid dienone is 2. The molecule has 25 heavy (non-hydrogen) atoms. The third-order valence-corrected chi connectivity index (χ3v) is 4.50. The standard InChI is InChI=1S/C22H34O3/c1-5-6-7-18(9-8-17(2)3)10-13-20(23)14-11-19-12-15-21(24)22(16-19)25-4/h10,12-13,15-18,24H,5-9,11,14H2,1-4H3/t18-/m0/s1. The summed E-state index contributed by atoms with van der Waals surface area (Å²) < 4.78 is 5.11. The molecular weight excluding hydrogens is 312 g/mol. The van der Waals surface area contributed by atoms with Crippen LogP contribution in [0.2, 0.25) is 0 Å². The van der Waals surface area contributed by atoms with Crippen molar-refractivity contribution in [2.75, 3.05) is 7.11 Å². The molecule has 0 spiro atoms. The average molecular weight is 347 g/mol. The Bertz CT molecular complexity index is 546. The lowest BCUT2D eigenvalue weighted by molar-refractivity contribution is -0.114. The molecule has 0 aliphatic carbocycles. The van der Waals surface area contributed by atoms with Crippen LogP contribution in [0.25, 0.3) is 0 Å². The molecular formula is C22H34O3. The van der Waals surface area contributed by atoms with Crippen LogP contribution in [0.4, 0.5) is 0 Å². The van der Waals surface area contributed by atoms with E-state index in [1.165, 1.54) is 32.8 Å². The van der Waals surface area contributed by atoms with Crippen LogP contribution in [0.15, 0.2) is 30.4 Å². The van der Waals surface area contributed by atoms with Gasteiger partial charge in [0, 0.05) is 6.42 Å². The van der Waals surface area contributed by atoms with Gasteiger partial charge in [0.1, 0.15) is 0 Å². The number of rotatable bonds is 12. The molecule has 0 heterocycles. The summed E-state index contributed by atoms with van der Waals surface area (Å²) in [6.45, 7) is 6.70. The Kier molecular flexibility index (Phi) is 9.98. The number of phenolic OH excluding ortho intramolecular Hbond substituents is 1. The molecule has 1 atom stereocenters. The Hall–Kier alpha value is -1.77. The zero-order valence-corrected chi connectivity index (χ0v) is 16.3. The van der Waals surface area contributed by atoms with Gasteiger partial charge in [-0.2, -0.15) is 0 Å². The van der Waals surface area contributed by atoms with Crippen LogP contribution >= 0.6 is 0 Å². The summed E-state index contributed by atoms with van der Waals surface area (Å²) in [7, 11) is 1.53. The van der Waals surface area contributed by atoms with Crippen molar-refractivity contribution in [3.8, 4) is 11.5 Å². The molecule has 3 heteroatoms. The van der Waals surface area contributed by atoms with E-state index in [9.17, 15) is 9.90 Å². The first-order valence-electron chi connectivity index (χ1n) is 9.53. The fourth-order valence-electron chi connectivity index (χ4n) is 2.82. The molecule has 1 aromatic rings. The highest BCUT2D eigenvalue weighted by molar-refractivity contribution is 5.89. The van der Waals surface area contributed by atoms with Gasteiger partial charge < -0.3 is 9.84 Å². The largest absolute Gasteiger partial charge is 0.504 e. The lowest BCUT2D eigenvalue weighted by Gasteiger charge is -2.13. The maximum absolute atomic E-state index is 12.2. The molecule has 1 rings (SSSR count). The number of ketones is 1. The first kappa shape index (κ1) is 21.3. The van der Waals surface area contributed by atoms with Gasteiger partial charge in [0.25, 0.3) is 0 Å². The molecule has 0 fully saturated rings. The van der Waals surface area contributed by atoms with Gasteiger partial charge >= 0.3 is 0 Å². The Labute approximate surface area is 153 Å². The number of aromatic hydroxyl groups is 1. The summed E-state index contributed by atoms with van der Waals surface area (Å²) >= 11 is 0. The van der Waals surface area contributed by atoms with Crippen molar-refractivity contribution >= 4 is 5.78 Å². The Morgan fingerprint density at radius 3 is 2.64 bits per heavy atom. The van der Waals surface area contributed by atoms with Gasteiger partial charge in [0.05, 0.1) is 7.11 Å². The third kappa shape index (κ3) is 8.76. The summed E-state index contributed by atoms with van der Waals surface area (Å²) in [4.78, 5) is 12.2. The maximum atomic E-state index is 12.2. The first-order valence-corrected chi connectivity index (χ1v) is 9.53. The third-order valence-electron chi connectivity index (χ3n) is 4.50. The van der Waals surface area contributed by atoms with E-state index in [0.29, 0.717) is 30.4 Å². The summed E-state index contributed by atoms with van der Waals surface area (Å²) in [6, 6.07) is 5.24. The van der Waals surface area contributed by atoms with Crippen molar-refractivity contribution in [2.24, 2.45) is 11.8 Å². The number of hydrogen-bond acceptors (Lipinski definition) is 3. The van der Waals surface area contributed by atoms with Crippen molar-refractivity contribution in [3.05, 3.63) is 35.9 Å². The number of benzene rings is 1. The van der Waals surface area contributed by atoms with Crippen LogP contribution in [0.5, 0.6) is 11.5 Å². The smallest absolute Gasteiger partial charge is 0.160 e. The Morgan fingerprint density at radius 1 is 1.24 bits per heavy atom. The molecule has 0 radical (unpaired) electrons. The van der Waals surface area contributed by atoms with Gasteiger partial charge in [-0.1, -0.05) is 52.2 Å². The first-order chi connectivity index (χ1) is 12.0. The summed E-state index contributed by atoms with van der Waals surface area (Å²) in [5, 5.41) is 9.61. The van der Waals surface area contributed by atoms with E-state index >= 15 is 0 Å². The SMILES string of the molecule is CCCC[C@H](C=CC(=O)CCc1ccc(O)c(OC)c1)CCC(C)C. The van der Waals surface area contributed by atoms with Crippen LogP contribution in [0.1, 0.15) is 64.9 Å². The highest BCUT2D eigenvalue weighted by Crippen LogP contribution is 2.26. The van der Waals surface area contributed by atoms with Crippen LogP contribution < -0.4 is 4.74 Å². The van der Waals surface area contributed by atoms with Gasteiger partial charge in [-0.15, -0.1) is 0 Å². The Balaban J connectivity index is 2.52. The second-order valence-electron chi connectivity index (χ2n) is 7.21. The maximum Gasteiger partial charge on any atom is 0.160 e. The van der Waals surface area contributed by atoms with Crippen LogP contribution in [0, 0.1) is 11.8 Å². The molecule has 0 unspecified atom stereocenters. The molecule has 0 bridgehead atoms. The van der Waals surface area contributed by atoms with Gasteiger partial charge in [0.2, 0.25) is 0 Å². The predicted molar refractivity (Wildman–Crippen MR) is 104 cm³/mol. The molecule has 0 aliphatic heterocycles. The quantitative estimate of drug-likeness (QED) is 0.494. The lowest BCUT2D eigenvalue weighted by atomic mass is 9.92. The second kappa shape index (κ2) is 11.7. The van der Waals surface area contributed by atoms with Gasteiger partial charge in [-0.25, -0.2) is 0 Å². The van der Waals surface area contributed by atoms with Crippen LogP contribution in [0.3, 0.4) is 0 Å². The second-order valence-corrected chi connectivity index (χ2v) is 7.21. The normalized spacial score (nSPS) is 12.7. The van der Waals surface area contributed by atoms with E-state index in [1.807, 2.05) is 6.07 Å². The molecule has 0 saturated heterocycles. The fraction of sp³-hybridized carbons (Fsp3) is 0.591. The number of phenols is 1. The Morgan fingerprint density at radius 2 is 2.00 bits per heavy atom. The molecule has 0 aromatic heterocycles. The molecule has 0 aliphatic rings. The van der Waals surface area contributed by atoms with Crippen molar-refractivity contribution < 1.29 is 14.6 Å². The van der Waals surface area contributed by atoms with Crippen molar-refractivity contribution in [2.45, 2.75) is 65.7 Å². The van der Waals surface area contributed by atoms with E-state index in [-0.39, 0.29) is 11.5 Å². The van der Waals surface area contributed by atoms with Gasteiger partial charge in [-0.05, 0) is 54.9 Å². The number of carbonyl (C=O) groups excluding carboxylic acids is 1. The zero-order valence-electron chi connectivity index (χ0n) is 16.3. The van der Waals surface area contributed by atoms with Crippen LogP contribution in [-0.2, 0) is 11.2 Å². The summed E-state index contributed by atoms with van der Waals surface area (Å²) in [5.74, 6) is 1.96. The monoisotopic (exact) mass is 346 g/mol. The molecule has 0 amide bonds. The number of ether oxygens (including phenoxy) is 1. The highest BCUT2D eigenvalue weighted by atomic mass is 16.5. The van der Waals surface area contributed by atoms with E-state index < -0.39 is 0 Å². The zero-order chi connectivity index (χ0) is 18.7. The van der Waals surface area contributed by atoms with Crippen molar-refractivity contribution in [3.63, 3.8) is 0 Å². The average Bonchev–Trinajstić information content (AvgIpc) is 2.60. The number of hydrogen-bond donors (Lipinski definition) is 1. The van der Waals surface area contributed by atoms with E-state index in [4.69, 9.17) is 4.74 Å². The number of aryl methyl sites for hydroxylation is 1. The highest BCUT2D eigenvalue weighted by Gasteiger charge is 2.08. The fourth-order valence-corrected chi connectivity index (χ4v) is 2.82. The van der Waals surface area contributed by atoms with E-state index in [0.717, 1.165) is 12.0 Å². The minimum Gasteiger partial charge on any atom is -0.504 e. The van der Waals surface area contributed by atoms with Crippen molar-refractivity contribution in [1.29, 1.82) is 0 Å². The molecule has 0 saturated carbocycles. The van der Waals surface area contributed by atoms with Crippen LogP contribution in [-0.4, -0.2) is 18.0 Å². The molecule has 1 N–H and O–H groups in total. The summed E-state index contributed by atoms with van der Waals surface area (Å²) in [5.41, 5.74) is 0.999. The minimum atomic E-state index is 0.126. The van der Waals surface area contributed by atoms with Crippen molar-refractivity contribution in [1.82, 2.24) is 0 Å². The minimum absolute atomic E-state index is 0.126. The van der Waals surface area contributed by atoms with E-state index in [1.54, 1.807) is 18.2 Å². The topological polar surface area (TPSA) is 46.5 Å². The predicted octanol–water partition coefficient (Wildman–Crippen LogP) is 5.70. The van der Waals surface area contributed by atoms with Gasteiger partial charge in [-0.3, -0.25) is 4.79 Å². The van der Waals surface area contributed by atoms with E-state index in [2.05, 4.69) is 26.8 Å². The summed E-state index contributed by atoms with van der Waals surface area (Å²) in [6.07, 6.45) is 11.0. The number of unbranched alkanes of at least 4 members (excludes halogenated alkanes) is 1. The number of carbonyl (C=O) groups is 1.